The molecule has 3 rings (SSSR count). The van der Waals surface area contributed by atoms with Crippen LogP contribution in [0, 0.1) is 25.6 Å². The zero-order chi connectivity index (χ0) is 18.3. The molecule has 1 aliphatic rings. The Morgan fingerprint density at radius 2 is 2.04 bits per heavy atom. The molecular formula is C18H20FN3O3. The number of aryl methyl sites for hydroxylation is 2. The summed E-state index contributed by atoms with van der Waals surface area (Å²) in [6.45, 7) is 3.95. The van der Waals surface area contributed by atoms with Gasteiger partial charge in [0.2, 0.25) is 5.91 Å². The number of likely N-dealkylation sites (tertiary alicyclic amines) is 1. The van der Waals surface area contributed by atoms with Crippen LogP contribution in [0.4, 0.5) is 4.39 Å². The summed E-state index contributed by atoms with van der Waals surface area (Å²) in [4.78, 5) is 25.7. The standard InChI is InChI=1S/C18H20FN3O3/c1-10-14(11(2)21(3)20-10)9-22-16(23)8-13(18(24)25)17(22)12-6-4-5-7-15(12)19/h4-7,13,17H,8-9H2,1-3H3,(H,24,25). The maximum atomic E-state index is 14.3. The number of carbonyl (C=O) groups is 2. The lowest BCUT2D eigenvalue weighted by Crippen LogP contribution is -2.31. The quantitative estimate of drug-likeness (QED) is 0.923. The summed E-state index contributed by atoms with van der Waals surface area (Å²) in [5, 5.41) is 13.9. The van der Waals surface area contributed by atoms with Gasteiger partial charge in [-0.05, 0) is 19.9 Å². The number of carbonyl (C=O) groups excluding carboxylic acids is 1. The molecule has 2 unspecified atom stereocenters. The number of halogens is 1. The highest BCUT2D eigenvalue weighted by atomic mass is 19.1. The highest BCUT2D eigenvalue weighted by molar-refractivity contribution is 5.87. The van der Waals surface area contributed by atoms with Crippen molar-refractivity contribution in [3.8, 4) is 0 Å². The Kier molecular flexibility index (Phi) is 4.32. The average Bonchev–Trinajstić information content (AvgIpc) is 3.00. The molecule has 1 aliphatic heterocycles. The van der Waals surface area contributed by atoms with Crippen LogP contribution in [-0.2, 0) is 23.2 Å². The molecule has 1 N–H and O–H groups in total. The van der Waals surface area contributed by atoms with Gasteiger partial charge in [0.25, 0.3) is 0 Å². The Hall–Kier alpha value is -2.70. The Bertz CT molecular complexity index is 846. The van der Waals surface area contributed by atoms with Crippen molar-refractivity contribution >= 4 is 11.9 Å². The van der Waals surface area contributed by atoms with Gasteiger partial charge >= 0.3 is 5.97 Å². The van der Waals surface area contributed by atoms with E-state index in [0.717, 1.165) is 17.0 Å². The Morgan fingerprint density at radius 3 is 2.60 bits per heavy atom. The topological polar surface area (TPSA) is 75.4 Å². The highest BCUT2D eigenvalue weighted by Crippen LogP contribution is 2.40. The fraction of sp³-hybridized carbons (Fsp3) is 0.389. The maximum Gasteiger partial charge on any atom is 0.309 e. The van der Waals surface area contributed by atoms with Crippen LogP contribution in [0.15, 0.2) is 24.3 Å². The molecular weight excluding hydrogens is 325 g/mol. The fourth-order valence-corrected chi connectivity index (χ4v) is 3.51. The van der Waals surface area contributed by atoms with E-state index >= 15 is 0 Å². The van der Waals surface area contributed by atoms with E-state index in [4.69, 9.17) is 0 Å². The summed E-state index contributed by atoms with van der Waals surface area (Å²) in [6, 6.07) is 5.20. The molecule has 0 bridgehead atoms. The minimum absolute atomic E-state index is 0.132. The molecule has 0 radical (unpaired) electrons. The van der Waals surface area contributed by atoms with Gasteiger partial charge in [-0.25, -0.2) is 4.39 Å². The molecule has 1 aromatic heterocycles. The number of aliphatic carboxylic acids is 1. The number of hydrogen-bond acceptors (Lipinski definition) is 3. The van der Waals surface area contributed by atoms with Crippen molar-refractivity contribution < 1.29 is 19.1 Å². The summed E-state index contributed by atoms with van der Waals surface area (Å²) >= 11 is 0. The van der Waals surface area contributed by atoms with Crippen molar-refractivity contribution in [2.75, 3.05) is 0 Å². The van der Waals surface area contributed by atoms with E-state index in [-0.39, 0.29) is 24.4 Å². The molecule has 1 fully saturated rings. The molecule has 132 valence electrons. The van der Waals surface area contributed by atoms with E-state index in [1.165, 1.54) is 11.0 Å². The molecule has 1 saturated heterocycles. The molecule has 2 heterocycles. The van der Waals surface area contributed by atoms with Gasteiger partial charge < -0.3 is 10.0 Å². The van der Waals surface area contributed by atoms with Crippen LogP contribution in [0.25, 0.3) is 0 Å². The van der Waals surface area contributed by atoms with Gasteiger partial charge in [-0.3, -0.25) is 14.3 Å². The van der Waals surface area contributed by atoms with Crippen molar-refractivity contribution in [3.05, 3.63) is 52.6 Å². The van der Waals surface area contributed by atoms with E-state index in [0.29, 0.717) is 0 Å². The monoisotopic (exact) mass is 345 g/mol. The highest BCUT2D eigenvalue weighted by Gasteiger charge is 2.45. The van der Waals surface area contributed by atoms with E-state index in [2.05, 4.69) is 5.10 Å². The minimum atomic E-state index is -1.09. The van der Waals surface area contributed by atoms with Crippen molar-refractivity contribution in [2.24, 2.45) is 13.0 Å². The number of rotatable bonds is 4. The zero-order valence-electron chi connectivity index (χ0n) is 14.4. The SMILES string of the molecule is Cc1nn(C)c(C)c1CN1C(=O)CC(C(=O)O)C1c1ccccc1F. The third-order valence-corrected chi connectivity index (χ3v) is 4.96. The number of aromatic nitrogens is 2. The Labute approximate surface area is 144 Å². The Morgan fingerprint density at radius 1 is 1.36 bits per heavy atom. The molecule has 0 spiro atoms. The summed E-state index contributed by atoms with van der Waals surface area (Å²) in [7, 11) is 1.81. The predicted octanol–water partition coefficient (Wildman–Crippen LogP) is 2.35. The lowest BCUT2D eigenvalue weighted by molar-refractivity contribution is -0.142. The number of carboxylic acid groups (broad SMARTS) is 1. The van der Waals surface area contributed by atoms with Crippen molar-refractivity contribution in [2.45, 2.75) is 32.9 Å². The molecule has 7 heteroatoms. The second-order valence-electron chi connectivity index (χ2n) is 6.41. The Balaban J connectivity index is 2.05. The number of hydrogen-bond donors (Lipinski definition) is 1. The molecule has 6 nitrogen and oxygen atoms in total. The summed E-state index contributed by atoms with van der Waals surface area (Å²) in [5.41, 5.74) is 2.78. The molecule has 1 aromatic carbocycles. The van der Waals surface area contributed by atoms with Crippen molar-refractivity contribution in [1.29, 1.82) is 0 Å². The summed E-state index contributed by atoms with van der Waals surface area (Å²) < 4.78 is 16.1. The number of amides is 1. The third-order valence-electron chi connectivity index (χ3n) is 4.96. The zero-order valence-corrected chi connectivity index (χ0v) is 14.4. The van der Waals surface area contributed by atoms with Crippen LogP contribution in [0.5, 0.6) is 0 Å². The molecule has 0 saturated carbocycles. The first-order valence-electron chi connectivity index (χ1n) is 8.07. The average molecular weight is 345 g/mol. The molecule has 1 amide bonds. The smallest absolute Gasteiger partial charge is 0.309 e. The van der Waals surface area contributed by atoms with Gasteiger partial charge in [0.05, 0.1) is 17.7 Å². The lowest BCUT2D eigenvalue weighted by Gasteiger charge is -2.28. The second-order valence-corrected chi connectivity index (χ2v) is 6.41. The largest absolute Gasteiger partial charge is 0.481 e. The summed E-state index contributed by atoms with van der Waals surface area (Å²) in [6.07, 6.45) is -0.132. The summed E-state index contributed by atoms with van der Waals surface area (Å²) in [5.74, 6) is -2.85. The minimum Gasteiger partial charge on any atom is -0.481 e. The fourth-order valence-electron chi connectivity index (χ4n) is 3.51. The van der Waals surface area contributed by atoms with Gasteiger partial charge in [0.1, 0.15) is 5.82 Å². The molecule has 0 aliphatic carbocycles. The van der Waals surface area contributed by atoms with Gasteiger partial charge in [0.15, 0.2) is 0 Å². The van der Waals surface area contributed by atoms with Crippen LogP contribution >= 0.6 is 0 Å². The third kappa shape index (κ3) is 2.90. The maximum absolute atomic E-state index is 14.3. The predicted molar refractivity (Wildman–Crippen MR) is 88.1 cm³/mol. The van der Waals surface area contributed by atoms with E-state index in [1.807, 2.05) is 20.9 Å². The van der Waals surface area contributed by atoms with Gasteiger partial charge in [-0.15, -0.1) is 0 Å². The second kappa shape index (κ2) is 6.31. The number of carboxylic acids is 1. The lowest BCUT2D eigenvalue weighted by atomic mass is 9.93. The number of nitrogens with zero attached hydrogens (tertiary/aromatic N) is 3. The van der Waals surface area contributed by atoms with Gasteiger partial charge in [0, 0.05) is 36.8 Å². The van der Waals surface area contributed by atoms with Crippen LogP contribution in [-0.4, -0.2) is 31.7 Å². The van der Waals surface area contributed by atoms with E-state index in [9.17, 15) is 19.1 Å². The molecule has 25 heavy (non-hydrogen) atoms. The van der Waals surface area contributed by atoms with Crippen molar-refractivity contribution in [1.82, 2.24) is 14.7 Å². The molecule has 2 atom stereocenters. The van der Waals surface area contributed by atoms with E-state index < -0.39 is 23.7 Å². The first kappa shape index (κ1) is 17.1. The normalized spacial score (nSPS) is 20.3. The van der Waals surface area contributed by atoms with Crippen LogP contribution in [0.1, 0.15) is 35.0 Å². The van der Waals surface area contributed by atoms with Crippen LogP contribution in [0.2, 0.25) is 0 Å². The van der Waals surface area contributed by atoms with Gasteiger partial charge in [-0.2, -0.15) is 5.10 Å². The van der Waals surface area contributed by atoms with Crippen LogP contribution < -0.4 is 0 Å². The van der Waals surface area contributed by atoms with E-state index in [1.54, 1.807) is 22.9 Å². The number of benzene rings is 1. The first-order valence-corrected chi connectivity index (χ1v) is 8.07. The first-order chi connectivity index (χ1) is 11.8. The van der Waals surface area contributed by atoms with Gasteiger partial charge in [-0.1, -0.05) is 18.2 Å². The van der Waals surface area contributed by atoms with Crippen molar-refractivity contribution in [3.63, 3.8) is 0 Å². The van der Waals surface area contributed by atoms with Crippen LogP contribution in [0.3, 0.4) is 0 Å². The molecule has 2 aromatic rings.